The fraction of sp³-hybridized carbons (Fsp3) is 1.00. The Morgan fingerprint density at radius 2 is 2.22 bits per heavy atom. The second-order valence-electron chi connectivity index (χ2n) is 2.00. The monoisotopic (exact) mass is 133 g/mol. The lowest BCUT2D eigenvalue weighted by Gasteiger charge is -2.07. The van der Waals surface area contributed by atoms with E-state index >= 15 is 0 Å². The normalized spacial score (nSPS) is 16.8. The lowest BCUT2D eigenvalue weighted by atomic mass is 10.1. The van der Waals surface area contributed by atoms with Crippen LogP contribution in [0.3, 0.4) is 0 Å². The van der Waals surface area contributed by atoms with Crippen LogP contribution < -0.4 is 0 Å². The summed E-state index contributed by atoms with van der Waals surface area (Å²) < 4.78 is 0. The topological polar surface area (TPSA) is 63.4 Å². The number of rotatable bonds is 3. The van der Waals surface area contributed by atoms with Crippen molar-refractivity contribution in [1.82, 2.24) is 0 Å². The molecule has 54 valence electrons. The molecule has 4 nitrogen and oxygen atoms in total. The summed E-state index contributed by atoms with van der Waals surface area (Å²) in [5, 5.41) is 18.8. The Labute approximate surface area is 53.6 Å². The van der Waals surface area contributed by atoms with E-state index in [-0.39, 0.29) is 0 Å². The number of hydrogen-bond acceptors (Lipinski definition) is 3. The van der Waals surface area contributed by atoms with Crippen LogP contribution in [0.25, 0.3) is 0 Å². The van der Waals surface area contributed by atoms with Crippen molar-refractivity contribution >= 4 is 0 Å². The van der Waals surface area contributed by atoms with Gasteiger partial charge in [-0.3, -0.25) is 10.1 Å². The van der Waals surface area contributed by atoms with Gasteiger partial charge in [-0.2, -0.15) is 0 Å². The second-order valence-corrected chi connectivity index (χ2v) is 2.00. The van der Waals surface area contributed by atoms with Crippen molar-refractivity contribution in [3.63, 3.8) is 0 Å². The first-order valence-corrected chi connectivity index (χ1v) is 2.91. The Balaban J connectivity index is 3.83. The lowest BCUT2D eigenvalue weighted by Crippen LogP contribution is -2.30. The maximum absolute atomic E-state index is 10.0. The largest absolute Gasteiger partial charge is 0.386 e. The minimum absolute atomic E-state index is 0.380. The quantitative estimate of drug-likeness (QED) is 0.448. The zero-order valence-corrected chi connectivity index (χ0v) is 5.57. The van der Waals surface area contributed by atoms with Crippen LogP contribution in [-0.2, 0) is 0 Å². The molecular weight excluding hydrogens is 122 g/mol. The van der Waals surface area contributed by atoms with Crippen LogP contribution in [0.1, 0.15) is 20.3 Å². The Morgan fingerprint density at radius 3 is 2.22 bits per heavy atom. The Kier molecular flexibility index (Phi) is 3.16. The highest BCUT2D eigenvalue weighted by Crippen LogP contribution is 2.00. The first kappa shape index (κ1) is 8.36. The molecule has 1 N–H and O–H groups in total. The molecule has 0 aromatic heterocycles. The molecule has 0 aliphatic heterocycles. The molecule has 9 heavy (non-hydrogen) atoms. The van der Waals surface area contributed by atoms with E-state index in [0.29, 0.717) is 6.42 Å². The Morgan fingerprint density at radius 1 is 1.78 bits per heavy atom. The predicted molar refractivity (Wildman–Crippen MR) is 32.8 cm³/mol. The summed E-state index contributed by atoms with van der Waals surface area (Å²) in [4.78, 5) is 9.56. The standard InChI is InChI=1S/C5H11NO3/c1-3-5(4(2)7)6(8)9/h4-5,7H,3H2,1-2H3. The van der Waals surface area contributed by atoms with E-state index in [1.807, 2.05) is 0 Å². The Bertz CT molecular complexity index is 102. The molecule has 0 bridgehead atoms. The van der Waals surface area contributed by atoms with Gasteiger partial charge in [0.25, 0.3) is 0 Å². The van der Waals surface area contributed by atoms with Gasteiger partial charge in [0, 0.05) is 11.3 Å². The van der Waals surface area contributed by atoms with Crippen LogP contribution in [0.5, 0.6) is 0 Å². The number of nitro groups is 1. The van der Waals surface area contributed by atoms with Gasteiger partial charge in [0.1, 0.15) is 6.10 Å². The third kappa shape index (κ3) is 2.41. The molecule has 0 heterocycles. The molecule has 0 spiro atoms. The highest BCUT2D eigenvalue weighted by molar-refractivity contribution is 4.59. The number of nitrogens with zero attached hydrogens (tertiary/aromatic N) is 1. The fourth-order valence-electron chi connectivity index (χ4n) is 0.666. The average Bonchev–Trinajstić information content (AvgIpc) is 1.64. The van der Waals surface area contributed by atoms with E-state index in [2.05, 4.69) is 0 Å². The molecule has 0 aromatic carbocycles. The van der Waals surface area contributed by atoms with Crippen molar-refractivity contribution in [3.8, 4) is 0 Å². The van der Waals surface area contributed by atoms with Crippen molar-refractivity contribution in [2.45, 2.75) is 32.4 Å². The van der Waals surface area contributed by atoms with Crippen molar-refractivity contribution < 1.29 is 10.0 Å². The van der Waals surface area contributed by atoms with Crippen molar-refractivity contribution in [2.24, 2.45) is 0 Å². The van der Waals surface area contributed by atoms with Crippen LogP contribution in [-0.4, -0.2) is 22.2 Å². The van der Waals surface area contributed by atoms with E-state index in [1.165, 1.54) is 6.92 Å². The summed E-state index contributed by atoms with van der Waals surface area (Å²) in [6.45, 7) is 3.11. The van der Waals surface area contributed by atoms with Gasteiger partial charge in [-0.05, 0) is 6.92 Å². The average molecular weight is 133 g/mol. The van der Waals surface area contributed by atoms with Crippen LogP contribution in [0.4, 0.5) is 0 Å². The molecule has 0 aliphatic rings. The van der Waals surface area contributed by atoms with Gasteiger partial charge in [0.2, 0.25) is 6.04 Å². The van der Waals surface area contributed by atoms with Gasteiger partial charge in [0.15, 0.2) is 0 Å². The van der Waals surface area contributed by atoms with Gasteiger partial charge in [-0.15, -0.1) is 0 Å². The van der Waals surface area contributed by atoms with Crippen molar-refractivity contribution in [2.75, 3.05) is 0 Å². The molecule has 2 atom stereocenters. The molecule has 0 saturated carbocycles. The molecule has 0 aliphatic carbocycles. The van der Waals surface area contributed by atoms with E-state index in [0.717, 1.165) is 0 Å². The first-order chi connectivity index (χ1) is 4.09. The number of aliphatic hydroxyl groups is 1. The molecular formula is C5H11NO3. The van der Waals surface area contributed by atoms with Gasteiger partial charge in [-0.25, -0.2) is 0 Å². The number of aliphatic hydroxyl groups excluding tert-OH is 1. The highest BCUT2D eigenvalue weighted by atomic mass is 16.6. The summed E-state index contributed by atoms with van der Waals surface area (Å²) in [6, 6.07) is -0.801. The van der Waals surface area contributed by atoms with E-state index in [9.17, 15) is 10.1 Å². The highest BCUT2D eigenvalue weighted by Gasteiger charge is 2.22. The SMILES string of the molecule is CCC(C(C)O)[N+](=O)[O-]. The first-order valence-electron chi connectivity index (χ1n) is 2.91. The van der Waals surface area contributed by atoms with Crippen LogP contribution in [0.15, 0.2) is 0 Å². The molecule has 2 unspecified atom stereocenters. The minimum Gasteiger partial charge on any atom is -0.386 e. The third-order valence-electron chi connectivity index (χ3n) is 1.25. The summed E-state index contributed by atoms with van der Waals surface area (Å²) in [5.74, 6) is 0. The van der Waals surface area contributed by atoms with Crippen LogP contribution in [0, 0.1) is 10.1 Å². The van der Waals surface area contributed by atoms with Gasteiger partial charge < -0.3 is 5.11 Å². The lowest BCUT2D eigenvalue weighted by molar-refractivity contribution is -0.533. The van der Waals surface area contributed by atoms with Crippen LogP contribution in [0.2, 0.25) is 0 Å². The molecule has 0 aromatic rings. The maximum atomic E-state index is 10.0. The molecule has 0 radical (unpaired) electrons. The zero-order chi connectivity index (χ0) is 7.44. The summed E-state index contributed by atoms with van der Waals surface area (Å²) in [5.41, 5.74) is 0. The van der Waals surface area contributed by atoms with Crippen molar-refractivity contribution in [1.29, 1.82) is 0 Å². The Hall–Kier alpha value is -0.640. The van der Waals surface area contributed by atoms with E-state index in [4.69, 9.17) is 5.11 Å². The molecule has 4 heteroatoms. The van der Waals surface area contributed by atoms with Gasteiger partial charge in [-0.1, -0.05) is 6.92 Å². The summed E-state index contributed by atoms with van der Waals surface area (Å²) >= 11 is 0. The smallest absolute Gasteiger partial charge is 0.238 e. The van der Waals surface area contributed by atoms with Crippen LogP contribution >= 0.6 is 0 Å². The third-order valence-corrected chi connectivity index (χ3v) is 1.25. The fourth-order valence-corrected chi connectivity index (χ4v) is 0.666. The van der Waals surface area contributed by atoms with Gasteiger partial charge >= 0.3 is 0 Å². The molecule has 0 rings (SSSR count). The van der Waals surface area contributed by atoms with E-state index in [1.54, 1.807) is 6.92 Å². The van der Waals surface area contributed by atoms with Crippen molar-refractivity contribution in [3.05, 3.63) is 10.1 Å². The minimum atomic E-state index is -0.843. The predicted octanol–water partition coefficient (Wildman–Crippen LogP) is 0.422. The summed E-state index contributed by atoms with van der Waals surface area (Å²) in [6.07, 6.45) is -0.463. The second kappa shape index (κ2) is 3.40. The van der Waals surface area contributed by atoms with E-state index < -0.39 is 17.1 Å². The molecule has 0 fully saturated rings. The zero-order valence-electron chi connectivity index (χ0n) is 5.57. The number of hydrogen-bond donors (Lipinski definition) is 1. The van der Waals surface area contributed by atoms with Gasteiger partial charge in [0.05, 0.1) is 0 Å². The summed E-state index contributed by atoms with van der Waals surface area (Å²) in [7, 11) is 0. The molecule has 0 saturated heterocycles. The molecule has 0 amide bonds. The maximum Gasteiger partial charge on any atom is 0.238 e.